The average Bonchev–Trinajstić information content (AvgIpc) is 2.87. The molecule has 2 saturated heterocycles. The van der Waals surface area contributed by atoms with Crippen LogP contribution in [-0.4, -0.2) is 74.2 Å². The van der Waals surface area contributed by atoms with Gasteiger partial charge in [-0.05, 0) is 88.7 Å². The van der Waals surface area contributed by atoms with E-state index in [0.29, 0.717) is 18.7 Å². The van der Waals surface area contributed by atoms with Crippen LogP contribution in [0.5, 0.6) is 11.5 Å². The van der Waals surface area contributed by atoms with Crippen LogP contribution in [0, 0.1) is 0 Å². The van der Waals surface area contributed by atoms with E-state index in [1.807, 2.05) is 43.0 Å². The van der Waals surface area contributed by atoms with E-state index in [-0.39, 0.29) is 12.0 Å². The fourth-order valence-corrected chi connectivity index (χ4v) is 4.74. The highest BCUT2D eigenvalue weighted by atomic mass is 16.5. The largest absolute Gasteiger partial charge is 0.494 e. The number of piperazine rings is 1. The number of ether oxygens (including phenoxy) is 2. The molecule has 34 heavy (non-hydrogen) atoms. The van der Waals surface area contributed by atoms with Gasteiger partial charge in [0.15, 0.2) is 0 Å². The molecule has 0 radical (unpaired) electrons. The first-order valence-electron chi connectivity index (χ1n) is 12.8. The molecule has 0 spiro atoms. The third-order valence-corrected chi connectivity index (χ3v) is 6.56. The first-order chi connectivity index (χ1) is 16.6. The molecule has 0 atom stereocenters. The number of amides is 1. The number of benzene rings is 2. The van der Waals surface area contributed by atoms with Crippen molar-refractivity contribution in [3.05, 3.63) is 54.1 Å². The van der Waals surface area contributed by atoms with E-state index in [2.05, 4.69) is 34.1 Å². The Labute approximate surface area is 204 Å². The summed E-state index contributed by atoms with van der Waals surface area (Å²) in [6.45, 7) is 11.4. The molecule has 0 unspecified atom stereocenters. The summed E-state index contributed by atoms with van der Waals surface area (Å²) in [6.07, 6.45) is 5.22. The second kappa shape index (κ2) is 12.1. The molecule has 0 bridgehead atoms. The number of nitrogens with zero attached hydrogens (tertiary/aromatic N) is 3. The summed E-state index contributed by atoms with van der Waals surface area (Å²) in [5, 5.41) is 0. The SMILES string of the molecule is CC(C)Oc1cccc(C(=O)N2CCN(c3ccc(OCCCN4CCCCC4)cc3)CC2)c1. The van der Waals surface area contributed by atoms with Gasteiger partial charge in [-0.1, -0.05) is 12.5 Å². The van der Waals surface area contributed by atoms with E-state index in [0.717, 1.165) is 44.2 Å². The first kappa shape index (κ1) is 24.4. The van der Waals surface area contributed by atoms with Crippen molar-refractivity contribution in [1.29, 1.82) is 0 Å². The highest BCUT2D eigenvalue weighted by Crippen LogP contribution is 2.22. The van der Waals surface area contributed by atoms with Crippen molar-refractivity contribution in [3.63, 3.8) is 0 Å². The maximum atomic E-state index is 13.0. The molecule has 0 saturated carbocycles. The van der Waals surface area contributed by atoms with Crippen LogP contribution >= 0.6 is 0 Å². The Balaban J connectivity index is 1.21. The number of hydrogen-bond donors (Lipinski definition) is 0. The maximum absolute atomic E-state index is 13.0. The summed E-state index contributed by atoms with van der Waals surface area (Å²) < 4.78 is 11.7. The van der Waals surface area contributed by atoms with Crippen LogP contribution in [0.4, 0.5) is 5.69 Å². The topological polar surface area (TPSA) is 45.3 Å². The molecule has 4 rings (SSSR count). The Hall–Kier alpha value is -2.73. The van der Waals surface area contributed by atoms with Crippen molar-refractivity contribution in [3.8, 4) is 11.5 Å². The summed E-state index contributed by atoms with van der Waals surface area (Å²) in [6, 6.07) is 15.9. The van der Waals surface area contributed by atoms with E-state index < -0.39 is 0 Å². The van der Waals surface area contributed by atoms with Crippen molar-refractivity contribution in [2.75, 3.05) is 57.3 Å². The van der Waals surface area contributed by atoms with Crippen LogP contribution in [0.1, 0.15) is 49.9 Å². The molecule has 2 aliphatic rings. The third-order valence-electron chi connectivity index (χ3n) is 6.56. The molecular formula is C28H39N3O3. The summed E-state index contributed by atoms with van der Waals surface area (Å²) in [5.74, 6) is 1.75. The van der Waals surface area contributed by atoms with E-state index >= 15 is 0 Å². The van der Waals surface area contributed by atoms with Gasteiger partial charge in [-0.25, -0.2) is 0 Å². The fourth-order valence-electron chi connectivity index (χ4n) is 4.74. The minimum atomic E-state index is 0.0714. The van der Waals surface area contributed by atoms with Crippen LogP contribution < -0.4 is 14.4 Å². The standard InChI is InChI=1S/C28H39N3O3/c1-23(2)34-27-9-6-8-24(22-27)28(32)31-19-17-30(18-20-31)25-10-12-26(13-11-25)33-21-7-16-29-14-4-3-5-15-29/h6,8-13,22-23H,3-5,7,14-21H2,1-2H3. The van der Waals surface area contributed by atoms with Crippen LogP contribution in [0.15, 0.2) is 48.5 Å². The predicted molar refractivity (Wildman–Crippen MR) is 137 cm³/mol. The summed E-state index contributed by atoms with van der Waals surface area (Å²) in [7, 11) is 0. The van der Waals surface area contributed by atoms with Gasteiger partial charge in [0, 0.05) is 44.0 Å². The summed E-state index contributed by atoms with van der Waals surface area (Å²) in [5.41, 5.74) is 1.87. The van der Waals surface area contributed by atoms with Gasteiger partial charge in [-0.3, -0.25) is 4.79 Å². The average molecular weight is 466 g/mol. The van der Waals surface area contributed by atoms with Gasteiger partial charge in [-0.15, -0.1) is 0 Å². The van der Waals surface area contributed by atoms with Gasteiger partial charge in [0.2, 0.25) is 0 Å². The lowest BCUT2D eigenvalue weighted by Crippen LogP contribution is -2.48. The molecule has 0 aromatic heterocycles. The molecule has 2 fully saturated rings. The van der Waals surface area contributed by atoms with E-state index in [4.69, 9.17) is 9.47 Å². The Morgan fingerprint density at radius 3 is 2.32 bits per heavy atom. The second-order valence-corrected chi connectivity index (χ2v) is 9.57. The smallest absolute Gasteiger partial charge is 0.254 e. The van der Waals surface area contributed by atoms with E-state index in [1.165, 1.54) is 38.0 Å². The number of rotatable bonds is 9. The number of carbonyl (C=O) groups is 1. The lowest BCUT2D eigenvalue weighted by molar-refractivity contribution is 0.0746. The van der Waals surface area contributed by atoms with Gasteiger partial charge in [0.25, 0.3) is 5.91 Å². The van der Waals surface area contributed by atoms with Crippen molar-refractivity contribution < 1.29 is 14.3 Å². The zero-order chi connectivity index (χ0) is 23.8. The molecule has 2 heterocycles. The van der Waals surface area contributed by atoms with Crippen molar-refractivity contribution in [2.24, 2.45) is 0 Å². The molecule has 2 aliphatic heterocycles. The van der Waals surface area contributed by atoms with Crippen LogP contribution in [0.3, 0.4) is 0 Å². The van der Waals surface area contributed by atoms with Crippen LogP contribution in [0.2, 0.25) is 0 Å². The van der Waals surface area contributed by atoms with Crippen LogP contribution in [-0.2, 0) is 0 Å². The molecule has 2 aromatic rings. The molecular weight excluding hydrogens is 426 g/mol. The minimum absolute atomic E-state index is 0.0714. The van der Waals surface area contributed by atoms with Gasteiger partial charge >= 0.3 is 0 Å². The van der Waals surface area contributed by atoms with Gasteiger partial charge in [0.05, 0.1) is 12.7 Å². The summed E-state index contributed by atoms with van der Waals surface area (Å²) >= 11 is 0. The lowest BCUT2D eigenvalue weighted by Gasteiger charge is -2.36. The molecule has 184 valence electrons. The van der Waals surface area contributed by atoms with Crippen molar-refractivity contribution in [2.45, 2.75) is 45.6 Å². The highest BCUT2D eigenvalue weighted by Gasteiger charge is 2.22. The van der Waals surface area contributed by atoms with Gasteiger partial charge in [-0.2, -0.15) is 0 Å². The zero-order valence-corrected chi connectivity index (χ0v) is 20.7. The Morgan fingerprint density at radius 2 is 1.62 bits per heavy atom. The van der Waals surface area contributed by atoms with Crippen molar-refractivity contribution >= 4 is 11.6 Å². The number of anilines is 1. The van der Waals surface area contributed by atoms with Crippen molar-refractivity contribution in [1.82, 2.24) is 9.80 Å². The fraction of sp³-hybridized carbons (Fsp3) is 0.536. The highest BCUT2D eigenvalue weighted by molar-refractivity contribution is 5.94. The van der Waals surface area contributed by atoms with Gasteiger partial charge < -0.3 is 24.2 Å². The number of hydrogen-bond acceptors (Lipinski definition) is 5. The quantitative estimate of drug-likeness (QED) is 0.503. The number of carbonyl (C=O) groups excluding carboxylic acids is 1. The number of likely N-dealkylation sites (tertiary alicyclic amines) is 1. The Morgan fingerprint density at radius 1 is 0.882 bits per heavy atom. The molecule has 0 N–H and O–H groups in total. The third kappa shape index (κ3) is 6.89. The molecule has 6 heteroatoms. The molecule has 6 nitrogen and oxygen atoms in total. The zero-order valence-electron chi connectivity index (χ0n) is 20.7. The first-order valence-corrected chi connectivity index (χ1v) is 12.8. The lowest BCUT2D eigenvalue weighted by atomic mass is 10.1. The predicted octanol–water partition coefficient (Wildman–Crippen LogP) is 4.69. The monoisotopic (exact) mass is 465 g/mol. The maximum Gasteiger partial charge on any atom is 0.254 e. The number of piperidine rings is 1. The molecule has 0 aliphatic carbocycles. The molecule has 1 amide bonds. The van der Waals surface area contributed by atoms with E-state index in [1.54, 1.807) is 0 Å². The van der Waals surface area contributed by atoms with E-state index in [9.17, 15) is 4.79 Å². The molecule has 2 aromatic carbocycles. The Bertz CT molecular complexity index is 901. The summed E-state index contributed by atoms with van der Waals surface area (Å²) in [4.78, 5) is 19.8. The van der Waals surface area contributed by atoms with Crippen LogP contribution in [0.25, 0.3) is 0 Å². The Kier molecular flexibility index (Phi) is 8.69. The minimum Gasteiger partial charge on any atom is -0.494 e. The second-order valence-electron chi connectivity index (χ2n) is 9.57. The normalized spacial score (nSPS) is 17.1. The van der Waals surface area contributed by atoms with Gasteiger partial charge in [0.1, 0.15) is 11.5 Å².